The van der Waals surface area contributed by atoms with E-state index in [2.05, 4.69) is 48.0 Å². The summed E-state index contributed by atoms with van der Waals surface area (Å²) in [5.41, 5.74) is 5.17. The fourth-order valence-electron chi connectivity index (χ4n) is 1.72. The van der Waals surface area contributed by atoms with Crippen LogP contribution in [0.4, 0.5) is 0 Å². The number of thiophene rings is 1. The number of methoxy groups -OCH3 is 1. The molecule has 6 nitrogen and oxygen atoms in total. The first-order chi connectivity index (χ1) is 11.4. The van der Waals surface area contributed by atoms with Gasteiger partial charge in [0.25, 0.3) is 11.8 Å². The minimum absolute atomic E-state index is 0.0388. The van der Waals surface area contributed by atoms with Crippen LogP contribution < -0.4 is 20.9 Å². The van der Waals surface area contributed by atoms with Gasteiger partial charge < -0.3 is 4.74 Å². The minimum atomic E-state index is -0.475. The molecule has 1 heterocycles. The number of thiocarbonyl (C=S) groups is 1. The largest absolute Gasteiger partial charge is 0.495 e. The zero-order valence-electron chi connectivity index (χ0n) is 12.2. The number of carbonyl (C=O) groups is 2. The average Bonchev–Trinajstić information content (AvgIpc) is 3.06. The van der Waals surface area contributed by atoms with Gasteiger partial charge in [0.05, 0.1) is 22.0 Å². The molecule has 24 heavy (non-hydrogen) atoms. The van der Waals surface area contributed by atoms with E-state index in [1.54, 1.807) is 29.6 Å². The molecule has 0 aliphatic carbocycles. The van der Waals surface area contributed by atoms with Crippen molar-refractivity contribution in [1.29, 1.82) is 0 Å². The van der Waals surface area contributed by atoms with Crippen LogP contribution in [-0.4, -0.2) is 24.0 Å². The highest BCUT2D eigenvalue weighted by atomic mass is 79.9. The summed E-state index contributed by atoms with van der Waals surface area (Å²) in [5.74, 6) is -0.442. The maximum atomic E-state index is 12.3. The summed E-state index contributed by atoms with van der Waals surface area (Å²) in [7, 11) is 1.46. The number of hydrogen-bond donors (Lipinski definition) is 3. The van der Waals surface area contributed by atoms with Crippen LogP contribution in [0.2, 0.25) is 0 Å². The first-order valence-corrected chi connectivity index (χ1v) is 9.28. The summed E-state index contributed by atoms with van der Waals surface area (Å²) in [4.78, 5) is 24.7. The second-order valence-corrected chi connectivity index (χ2v) is 7.43. The van der Waals surface area contributed by atoms with Gasteiger partial charge in [-0.1, -0.05) is 22.0 Å². The number of halogens is 2. The van der Waals surface area contributed by atoms with E-state index in [9.17, 15) is 9.59 Å². The Kier molecular flexibility index (Phi) is 6.72. The third-order valence-electron chi connectivity index (χ3n) is 2.72. The molecule has 10 heteroatoms. The summed E-state index contributed by atoms with van der Waals surface area (Å²) < 4.78 is 6.54. The Balaban J connectivity index is 1.99. The van der Waals surface area contributed by atoms with Gasteiger partial charge in [0.2, 0.25) is 0 Å². The lowest BCUT2D eigenvalue weighted by Crippen LogP contribution is -2.48. The van der Waals surface area contributed by atoms with Gasteiger partial charge in [-0.15, -0.1) is 11.3 Å². The summed E-state index contributed by atoms with van der Waals surface area (Å²) in [6, 6.07) is 6.80. The van der Waals surface area contributed by atoms with Crippen LogP contribution >= 0.6 is 55.4 Å². The number of amides is 2. The first kappa shape index (κ1) is 18.8. The van der Waals surface area contributed by atoms with Gasteiger partial charge >= 0.3 is 0 Å². The number of nitrogens with one attached hydrogen (secondary N) is 3. The number of hydrogen-bond acceptors (Lipinski definition) is 5. The van der Waals surface area contributed by atoms with E-state index >= 15 is 0 Å². The standard InChI is InChI=1S/C14H11Br2N3O3S2/c1-22-11-8(5-7(15)6-9(11)16)12(20)17-14(23)19-18-13(21)10-3-2-4-24-10/h2-6H,1H3,(H,18,21)(H2,17,19,20,23). The molecular weight excluding hydrogens is 482 g/mol. The molecule has 0 unspecified atom stereocenters. The summed E-state index contributed by atoms with van der Waals surface area (Å²) in [6.45, 7) is 0. The maximum absolute atomic E-state index is 12.3. The Hall–Kier alpha value is -1.49. The Morgan fingerprint density at radius 3 is 2.58 bits per heavy atom. The highest BCUT2D eigenvalue weighted by Crippen LogP contribution is 2.32. The van der Waals surface area contributed by atoms with Crippen LogP contribution in [0.3, 0.4) is 0 Å². The van der Waals surface area contributed by atoms with Gasteiger partial charge in [-0.05, 0) is 51.7 Å². The zero-order valence-corrected chi connectivity index (χ0v) is 17.0. The van der Waals surface area contributed by atoms with Crippen LogP contribution in [0, 0.1) is 0 Å². The maximum Gasteiger partial charge on any atom is 0.279 e. The molecule has 3 N–H and O–H groups in total. The molecule has 0 bridgehead atoms. The van der Waals surface area contributed by atoms with Crippen molar-refractivity contribution in [3.05, 3.63) is 49.0 Å². The number of ether oxygens (including phenoxy) is 1. The molecule has 2 rings (SSSR count). The first-order valence-electron chi connectivity index (χ1n) is 6.40. The van der Waals surface area contributed by atoms with Crippen molar-refractivity contribution in [3.63, 3.8) is 0 Å². The van der Waals surface area contributed by atoms with Crippen LogP contribution in [0.1, 0.15) is 20.0 Å². The molecule has 2 amide bonds. The van der Waals surface area contributed by atoms with Gasteiger partial charge in [-0.3, -0.25) is 25.8 Å². The van der Waals surface area contributed by atoms with Crippen molar-refractivity contribution in [2.24, 2.45) is 0 Å². The van der Waals surface area contributed by atoms with Gasteiger partial charge in [0.15, 0.2) is 5.11 Å². The lowest BCUT2D eigenvalue weighted by atomic mass is 10.2. The van der Waals surface area contributed by atoms with E-state index < -0.39 is 5.91 Å². The number of rotatable bonds is 3. The SMILES string of the molecule is COc1c(Br)cc(Br)cc1C(=O)NC(=S)NNC(=O)c1cccs1. The molecule has 0 fully saturated rings. The molecule has 0 aliphatic rings. The smallest absolute Gasteiger partial charge is 0.279 e. The fourth-order valence-corrected chi connectivity index (χ4v) is 3.87. The normalized spacial score (nSPS) is 9.96. The highest BCUT2D eigenvalue weighted by molar-refractivity contribution is 9.11. The van der Waals surface area contributed by atoms with Crippen LogP contribution in [0.25, 0.3) is 0 Å². The van der Waals surface area contributed by atoms with Crippen LogP contribution in [-0.2, 0) is 0 Å². The average molecular weight is 493 g/mol. The van der Waals surface area contributed by atoms with E-state index in [0.29, 0.717) is 19.6 Å². The van der Waals surface area contributed by atoms with E-state index in [4.69, 9.17) is 17.0 Å². The molecule has 0 saturated carbocycles. The molecule has 0 radical (unpaired) electrons. The van der Waals surface area contributed by atoms with Gasteiger partial charge in [-0.25, -0.2) is 0 Å². The third-order valence-corrected chi connectivity index (χ3v) is 4.84. The lowest BCUT2D eigenvalue weighted by Gasteiger charge is -2.13. The topological polar surface area (TPSA) is 79.5 Å². The van der Waals surface area contributed by atoms with Crippen molar-refractivity contribution in [2.75, 3.05) is 7.11 Å². The minimum Gasteiger partial charge on any atom is -0.495 e. The predicted molar refractivity (Wildman–Crippen MR) is 103 cm³/mol. The summed E-state index contributed by atoms with van der Waals surface area (Å²) >= 11 is 12.9. The second kappa shape index (κ2) is 8.56. The van der Waals surface area contributed by atoms with Crippen molar-refractivity contribution in [3.8, 4) is 5.75 Å². The Morgan fingerprint density at radius 2 is 1.96 bits per heavy atom. The Morgan fingerprint density at radius 1 is 1.21 bits per heavy atom. The molecule has 0 saturated heterocycles. The van der Waals surface area contributed by atoms with Gasteiger partial charge in [-0.2, -0.15) is 0 Å². The van der Waals surface area contributed by atoms with E-state index in [0.717, 1.165) is 0 Å². The van der Waals surface area contributed by atoms with E-state index in [1.807, 2.05) is 0 Å². The Labute approximate surface area is 164 Å². The fraction of sp³-hybridized carbons (Fsp3) is 0.0714. The number of carbonyl (C=O) groups excluding carboxylic acids is 2. The highest BCUT2D eigenvalue weighted by Gasteiger charge is 2.17. The summed E-state index contributed by atoms with van der Waals surface area (Å²) in [6.07, 6.45) is 0. The van der Waals surface area contributed by atoms with E-state index in [-0.39, 0.29) is 16.6 Å². The zero-order chi connectivity index (χ0) is 17.7. The second-order valence-electron chi connectivity index (χ2n) is 4.31. The molecule has 1 aromatic carbocycles. The van der Waals surface area contributed by atoms with Crippen LogP contribution in [0.15, 0.2) is 38.6 Å². The monoisotopic (exact) mass is 491 g/mol. The lowest BCUT2D eigenvalue weighted by molar-refractivity contribution is 0.0937. The number of hydrazine groups is 1. The quantitative estimate of drug-likeness (QED) is 0.452. The third kappa shape index (κ3) is 4.76. The molecule has 0 atom stereocenters. The van der Waals surface area contributed by atoms with Crippen molar-refractivity contribution >= 4 is 72.3 Å². The molecular formula is C14H11Br2N3O3S2. The molecule has 0 aliphatic heterocycles. The van der Waals surface area contributed by atoms with Crippen molar-refractivity contribution in [2.45, 2.75) is 0 Å². The van der Waals surface area contributed by atoms with Crippen molar-refractivity contribution in [1.82, 2.24) is 16.2 Å². The molecule has 0 spiro atoms. The molecule has 2 aromatic rings. The summed E-state index contributed by atoms with van der Waals surface area (Å²) in [5, 5.41) is 4.22. The predicted octanol–water partition coefficient (Wildman–Crippen LogP) is 3.23. The molecule has 126 valence electrons. The van der Waals surface area contributed by atoms with Gasteiger partial charge in [0, 0.05) is 4.47 Å². The Bertz CT molecular complexity index is 782. The van der Waals surface area contributed by atoms with Crippen LogP contribution in [0.5, 0.6) is 5.75 Å². The van der Waals surface area contributed by atoms with Gasteiger partial charge in [0.1, 0.15) is 5.75 Å². The number of benzene rings is 1. The van der Waals surface area contributed by atoms with E-state index in [1.165, 1.54) is 18.4 Å². The van der Waals surface area contributed by atoms with Crippen molar-refractivity contribution < 1.29 is 14.3 Å². The molecule has 1 aromatic heterocycles.